The zero-order valence-corrected chi connectivity index (χ0v) is 10.8. The molecule has 1 aliphatic rings. The number of rotatable bonds is 1. The summed E-state index contributed by atoms with van der Waals surface area (Å²) in [7, 11) is 0. The minimum atomic E-state index is 0.322. The van der Waals surface area contributed by atoms with Gasteiger partial charge in [-0.15, -0.1) is 11.3 Å². The van der Waals surface area contributed by atoms with E-state index in [0.29, 0.717) is 6.04 Å². The molecule has 0 bridgehead atoms. The number of aromatic nitrogens is 1. The normalized spacial score (nSPS) is 21.1. The fourth-order valence-electron chi connectivity index (χ4n) is 2.47. The van der Waals surface area contributed by atoms with E-state index < -0.39 is 0 Å². The predicted molar refractivity (Wildman–Crippen MR) is 73.8 cm³/mol. The molecular weight excluding hydrogens is 230 g/mol. The third-order valence-electron chi connectivity index (χ3n) is 3.30. The van der Waals surface area contributed by atoms with E-state index in [0.717, 1.165) is 30.0 Å². The fourth-order valence-corrected chi connectivity index (χ4v) is 3.33. The van der Waals surface area contributed by atoms with Crippen LogP contribution < -0.4 is 10.6 Å². The second-order valence-electron chi connectivity index (χ2n) is 4.73. The van der Waals surface area contributed by atoms with Crippen molar-refractivity contribution >= 4 is 27.2 Å². The fraction of sp³-hybridized carbons (Fsp3) is 0.462. The molecule has 2 heterocycles. The number of piperidine rings is 1. The number of hydrogen-bond donors (Lipinski definition) is 1. The first-order valence-electron chi connectivity index (χ1n) is 6.10. The maximum absolute atomic E-state index is 6.03. The number of nitrogens with zero attached hydrogens (tertiary/aromatic N) is 2. The summed E-state index contributed by atoms with van der Waals surface area (Å²) in [6, 6.07) is 6.86. The number of thiazole rings is 1. The Morgan fingerprint density at radius 2 is 2.35 bits per heavy atom. The highest BCUT2D eigenvalue weighted by Crippen LogP contribution is 2.28. The van der Waals surface area contributed by atoms with Gasteiger partial charge in [0.2, 0.25) is 0 Å². The van der Waals surface area contributed by atoms with Gasteiger partial charge in [-0.3, -0.25) is 0 Å². The van der Waals surface area contributed by atoms with Gasteiger partial charge >= 0.3 is 0 Å². The molecular formula is C13H17N3S. The van der Waals surface area contributed by atoms with E-state index in [2.05, 4.69) is 35.0 Å². The van der Waals surface area contributed by atoms with Crippen LogP contribution in [0.5, 0.6) is 0 Å². The Morgan fingerprint density at radius 3 is 3.18 bits per heavy atom. The zero-order valence-electron chi connectivity index (χ0n) is 10.0. The molecule has 1 aromatic carbocycles. The molecule has 2 N–H and O–H groups in total. The van der Waals surface area contributed by atoms with Gasteiger partial charge in [-0.2, -0.15) is 0 Å². The summed E-state index contributed by atoms with van der Waals surface area (Å²) in [5, 5.41) is 1.13. The van der Waals surface area contributed by atoms with Gasteiger partial charge in [-0.25, -0.2) is 4.98 Å². The minimum Gasteiger partial charge on any atom is -0.370 e. The molecule has 3 rings (SSSR count). The SMILES string of the molecule is Cc1nc2ccc(N3CCC[C@H](N)C3)cc2s1. The van der Waals surface area contributed by atoms with Gasteiger partial charge in [-0.05, 0) is 38.0 Å². The van der Waals surface area contributed by atoms with Crippen LogP contribution in [-0.4, -0.2) is 24.1 Å². The van der Waals surface area contributed by atoms with Gasteiger partial charge in [0.15, 0.2) is 0 Å². The number of hydrogen-bond acceptors (Lipinski definition) is 4. The molecule has 1 saturated heterocycles. The van der Waals surface area contributed by atoms with Crippen LogP contribution in [0.3, 0.4) is 0 Å². The summed E-state index contributed by atoms with van der Waals surface area (Å²) < 4.78 is 1.28. The number of fused-ring (bicyclic) bond motifs is 1. The van der Waals surface area contributed by atoms with Crippen molar-refractivity contribution < 1.29 is 0 Å². The molecule has 0 aliphatic carbocycles. The second kappa shape index (κ2) is 4.27. The Labute approximate surface area is 105 Å². The minimum absolute atomic E-state index is 0.322. The van der Waals surface area contributed by atoms with Gasteiger partial charge in [0.1, 0.15) is 0 Å². The Balaban J connectivity index is 1.94. The van der Waals surface area contributed by atoms with Gasteiger partial charge in [-0.1, -0.05) is 0 Å². The van der Waals surface area contributed by atoms with Gasteiger partial charge in [0.05, 0.1) is 15.2 Å². The van der Waals surface area contributed by atoms with Crippen molar-refractivity contribution in [1.82, 2.24) is 4.98 Å². The monoisotopic (exact) mass is 247 g/mol. The maximum Gasteiger partial charge on any atom is 0.0907 e. The quantitative estimate of drug-likeness (QED) is 0.842. The number of nitrogens with two attached hydrogens (primary N) is 1. The summed E-state index contributed by atoms with van der Waals surface area (Å²) in [6.45, 7) is 4.15. The van der Waals surface area contributed by atoms with Crippen LogP contribution in [-0.2, 0) is 0 Å². The highest BCUT2D eigenvalue weighted by Gasteiger charge is 2.17. The van der Waals surface area contributed by atoms with E-state index in [9.17, 15) is 0 Å². The lowest BCUT2D eigenvalue weighted by Crippen LogP contribution is -2.42. The summed E-state index contributed by atoms with van der Waals surface area (Å²) in [6.07, 6.45) is 2.35. The van der Waals surface area contributed by atoms with Crippen molar-refractivity contribution in [2.24, 2.45) is 5.73 Å². The Morgan fingerprint density at radius 1 is 1.47 bits per heavy atom. The molecule has 1 aromatic heterocycles. The van der Waals surface area contributed by atoms with E-state index in [4.69, 9.17) is 5.73 Å². The summed E-state index contributed by atoms with van der Waals surface area (Å²) in [5.41, 5.74) is 8.42. The van der Waals surface area contributed by atoms with Gasteiger partial charge in [0.25, 0.3) is 0 Å². The lowest BCUT2D eigenvalue weighted by atomic mass is 10.1. The van der Waals surface area contributed by atoms with Crippen molar-refractivity contribution in [3.63, 3.8) is 0 Å². The van der Waals surface area contributed by atoms with Crippen LogP contribution in [0.25, 0.3) is 10.2 Å². The highest BCUT2D eigenvalue weighted by atomic mass is 32.1. The summed E-state index contributed by atoms with van der Waals surface area (Å²) in [4.78, 5) is 6.88. The number of benzene rings is 1. The van der Waals surface area contributed by atoms with Crippen LogP contribution in [0.4, 0.5) is 5.69 Å². The number of anilines is 1. The van der Waals surface area contributed by atoms with E-state index >= 15 is 0 Å². The zero-order chi connectivity index (χ0) is 11.8. The number of aryl methyl sites for hydroxylation is 1. The lowest BCUT2D eigenvalue weighted by molar-refractivity contribution is 0.506. The van der Waals surface area contributed by atoms with Gasteiger partial charge in [0, 0.05) is 24.8 Å². The van der Waals surface area contributed by atoms with E-state index in [1.807, 2.05) is 0 Å². The van der Waals surface area contributed by atoms with E-state index in [-0.39, 0.29) is 0 Å². The van der Waals surface area contributed by atoms with Crippen molar-refractivity contribution in [3.05, 3.63) is 23.2 Å². The predicted octanol–water partition coefficient (Wildman–Crippen LogP) is 2.53. The average molecular weight is 247 g/mol. The highest BCUT2D eigenvalue weighted by molar-refractivity contribution is 7.18. The first kappa shape index (κ1) is 11.0. The van der Waals surface area contributed by atoms with Crippen molar-refractivity contribution in [1.29, 1.82) is 0 Å². The molecule has 0 saturated carbocycles. The van der Waals surface area contributed by atoms with Crippen molar-refractivity contribution in [3.8, 4) is 0 Å². The second-order valence-corrected chi connectivity index (χ2v) is 5.97. The molecule has 0 radical (unpaired) electrons. The Hall–Kier alpha value is -1.13. The third kappa shape index (κ3) is 2.15. The largest absolute Gasteiger partial charge is 0.370 e. The molecule has 0 unspecified atom stereocenters. The molecule has 2 aromatic rings. The molecule has 3 nitrogen and oxygen atoms in total. The first-order valence-corrected chi connectivity index (χ1v) is 6.92. The van der Waals surface area contributed by atoms with E-state index in [1.54, 1.807) is 11.3 Å². The Bertz CT molecular complexity index is 534. The molecule has 17 heavy (non-hydrogen) atoms. The Kier molecular flexibility index (Phi) is 2.76. The maximum atomic E-state index is 6.03. The standard InChI is InChI=1S/C13H17N3S/c1-9-15-12-5-4-11(7-13(12)17-9)16-6-2-3-10(14)8-16/h4-5,7,10H,2-3,6,8,14H2,1H3/t10-/m0/s1. The smallest absolute Gasteiger partial charge is 0.0907 e. The molecule has 1 fully saturated rings. The van der Waals surface area contributed by atoms with E-state index in [1.165, 1.54) is 16.8 Å². The van der Waals surface area contributed by atoms with Gasteiger partial charge < -0.3 is 10.6 Å². The first-order chi connectivity index (χ1) is 8.22. The molecule has 1 atom stereocenters. The molecule has 0 spiro atoms. The third-order valence-corrected chi connectivity index (χ3v) is 4.24. The topological polar surface area (TPSA) is 42.2 Å². The van der Waals surface area contributed by atoms with Crippen LogP contribution >= 0.6 is 11.3 Å². The van der Waals surface area contributed by atoms with Crippen LogP contribution in [0.2, 0.25) is 0 Å². The van der Waals surface area contributed by atoms with Crippen molar-refractivity contribution in [2.75, 3.05) is 18.0 Å². The van der Waals surface area contributed by atoms with Crippen LogP contribution in [0, 0.1) is 6.92 Å². The molecule has 1 aliphatic heterocycles. The summed E-state index contributed by atoms with van der Waals surface area (Å²) >= 11 is 1.76. The van der Waals surface area contributed by atoms with Crippen molar-refractivity contribution in [2.45, 2.75) is 25.8 Å². The lowest BCUT2D eigenvalue weighted by Gasteiger charge is -2.32. The molecule has 90 valence electrons. The average Bonchev–Trinajstić information content (AvgIpc) is 2.68. The summed E-state index contributed by atoms with van der Waals surface area (Å²) in [5.74, 6) is 0. The van der Waals surface area contributed by atoms with Crippen LogP contribution in [0.1, 0.15) is 17.8 Å². The van der Waals surface area contributed by atoms with Crippen LogP contribution in [0.15, 0.2) is 18.2 Å². The molecule has 4 heteroatoms. The molecule has 0 amide bonds.